The number of benzene rings is 1. The average molecular weight is 372 g/mol. The van der Waals surface area contributed by atoms with Crippen molar-refractivity contribution in [2.75, 3.05) is 0 Å². The van der Waals surface area contributed by atoms with Crippen LogP contribution < -0.4 is 0 Å². The third kappa shape index (κ3) is 4.86. The van der Waals surface area contributed by atoms with Crippen molar-refractivity contribution in [3.05, 3.63) is 23.3 Å². The summed E-state index contributed by atoms with van der Waals surface area (Å²) >= 11 is 0. The van der Waals surface area contributed by atoms with E-state index < -0.39 is 12.1 Å². The van der Waals surface area contributed by atoms with E-state index in [0.29, 0.717) is 18.4 Å². The molecular weight excluding hydrogens is 341 g/mol. The second-order valence-electron chi connectivity index (χ2n) is 8.06. The zero-order chi connectivity index (χ0) is 19.5. The lowest BCUT2D eigenvalue weighted by molar-refractivity contribution is -0.186. The predicted molar refractivity (Wildman–Crippen MR) is 97.5 cm³/mol. The van der Waals surface area contributed by atoms with Crippen molar-refractivity contribution in [3.63, 3.8) is 0 Å². The highest BCUT2D eigenvalue weighted by Crippen LogP contribution is 2.51. The summed E-state index contributed by atoms with van der Waals surface area (Å²) in [7, 11) is 0. The monoisotopic (exact) mass is 372 g/mol. The Kier molecular flexibility index (Phi) is 6.86. The Balaban J connectivity index is 2.42. The van der Waals surface area contributed by atoms with Crippen LogP contribution in [0.1, 0.15) is 76.3 Å². The highest BCUT2D eigenvalue weighted by Gasteiger charge is 2.46. The predicted octanol–water partition coefficient (Wildman–Crippen LogP) is 6.55. The van der Waals surface area contributed by atoms with Crippen LogP contribution in [0.25, 0.3) is 0 Å². The fourth-order valence-electron chi connectivity index (χ4n) is 4.50. The Morgan fingerprint density at radius 2 is 1.81 bits per heavy atom. The zero-order valence-corrected chi connectivity index (χ0v) is 15.9. The van der Waals surface area contributed by atoms with E-state index in [4.69, 9.17) is 0 Å². The molecule has 0 aliphatic heterocycles. The van der Waals surface area contributed by atoms with Gasteiger partial charge in [0.2, 0.25) is 0 Å². The molecule has 1 fully saturated rings. The number of unbranched alkanes of at least 4 members (excludes halogenated alkanes) is 2. The topological polar surface area (TPSA) is 40.5 Å². The van der Waals surface area contributed by atoms with Gasteiger partial charge in [-0.05, 0) is 61.5 Å². The first-order valence-electron chi connectivity index (χ1n) is 9.76. The van der Waals surface area contributed by atoms with Crippen LogP contribution in [-0.4, -0.2) is 16.4 Å². The number of aromatic hydroxyl groups is 2. The minimum absolute atomic E-state index is 0.0193. The fraction of sp³-hybridized carbons (Fsp3) is 0.714. The molecule has 148 valence electrons. The number of aryl methyl sites for hydroxylation is 1. The van der Waals surface area contributed by atoms with E-state index in [1.165, 1.54) is 6.07 Å². The molecule has 1 saturated carbocycles. The molecule has 1 aromatic carbocycles. The molecule has 0 heterocycles. The first-order valence-corrected chi connectivity index (χ1v) is 9.76. The lowest BCUT2D eigenvalue weighted by Crippen LogP contribution is -2.34. The summed E-state index contributed by atoms with van der Waals surface area (Å²) in [6.45, 7) is 6.17. The summed E-state index contributed by atoms with van der Waals surface area (Å²) < 4.78 is 40.1. The minimum Gasteiger partial charge on any atom is -0.508 e. The molecule has 2 N–H and O–H groups in total. The van der Waals surface area contributed by atoms with E-state index in [1.807, 2.05) is 13.8 Å². The summed E-state index contributed by atoms with van der Waals surface area (Å²) in [5, 5.41) is 20.4. The van der Waals surface area contributed by atoms with Gasteiger partial charge >= 0.3 is 6.18 Å². The molecule has 2 rings (SSSR count). The van der Waals surface area contributed by atoms with Crippen LogP contribution in [0.5, 0.6) is 11.5 Å². The molecule has 0 spiro atoms. The number of phenolic OH excluding ortho intramolecular Hbond substituents is 2. The van der Waals surface area contributed by atoms with Gasteiger partial charge in [0.15, 0.2) is 0 Å². The van der Waals surface area contributed by atoms with E-state index in [9.17, 15) is 23.4 Å². The Bertz CT molecular complexity index is 596. The maximum Gasteiger partial charge on any atom is 0.391 e. The van der Waals surface area contributed by atoms with Crippen LogP contribution in [0.15, 0.2) is 12.1 Å². The normalized spacial score (nSPS) is 24.2. The highest BCUT2D eigenvalue weighted by atomic mass is 19.4. The van der Waals surface area contributed by atoms with Gasteiger partial charge in [0.25, 0.3) is 0 Å². The molecule has 0 radical (unpaired) electrons. The SMILES string of the molecule is CCCCCc1cc(O)cc(O)c1[C@@H]1CC(C(F)(F)F)CC[C@H]1C(C)C. The molecule has 0 amide bonds. The Morgan fingerprint density at radius 3 is 2.38 bits per heavy atom. The standard InChI is InChI=1S/C21H31F3O2/c1-4-5-6-7-14-10-16(25)12-19(26)20(14)18-11-15(21(22,23)24)8-9-17(18)13(2)3/h10,12-13,15,17-18,25-26H,4-9,11H2,1-3H3/t15?,17-,18+/m0/s1. The highest BCUT2D eigenvalue weighted by molar-refractivity contribution is 5.48. The Hall–Kier alpha value is -1.39. The summed E-state index contributed by atoms with van der Waals surface area (Å²) in [6, 6.07) is 2.90. The van der Waals surface area contributed by atoms with Gasteiger partial charge in [-0.15, -0.1) is 0 Å². The molecule has 1 aliphatic carbocycles. The van der Waals surface area contributed by atoms with Crippen LogP contribution in [0, 0.1) is 17.8 Å². The first kappa shape index (κ1) is 20.9. The fourth-order valence-corrected chi connectivity index (χ4v) is 4.50. The quantitative estimate of drug-likeness (QED) is 0.556. The number of rotatable bonds is 6. The van der Waals surface area contributed by atoms with Gasteiger partial charge in [-0.25, -0.2) is 0 Å². The van der Waals surface area contributed by atoms with Crippen molar-refractivity contribution >= 4 is 0 Å². The van der Waals surface area contributed by atoms with Crippen LogP contribution in [0.2, 0.25) is 0 Å². The molecule has 0 aromatic heterocycles. The lowest BCUT2D eigenvalue weighted by Gasteiger charge is -2.40. The van der Waals surface area contributed by atoms with Crippen molar-refractivity contribution in [3.8, 4) is 11.5 Å². The average Bonchev–Trinajstić information content (AvgIpc) is 2.53. The van der Waals surface area contributed by atoms with Crippen LogP contribution >= 0.6 is 0 Å². The van der Waals surface area contributed by atoms with Crippen molar-refractivity contribution in [1.82, 2.24) is 0 Å². The largest absolute Gasteiger partial charge is 0.508 e. The molecule has 0 bridgehead atoms. The maximum absolute atomic E-state index is 13.4. The van der Waals surface area contributed by atoms with Gasteiger partial charge in [0.05, 0.1) is 5.92 Å². The van der Waals surface area contributed by atoms with Crippen molar-refractivity contribution < 1.29 is 23.4 Å². The summed E-state index contributed by atoms with van der Waals surface area (Å²) in [4.78, 5) is 0. The maximum atomic E-state index is 13.4. The van der Waals surface area contributed by atoms with Crippen molar-refractivity contribution in [2.45, 2.75) is 77.8 Å². The minimum atomic E-state index is -4.20. The molecule has 2 nitrogen and oxygen atoms in total. The van der Waals surface area contributed by atoms with Gasteiger partial charge in [-0.1, -0.05) is 33.6 Å². The van der Waals surface area contributed by atoms with E-state index in [1.54, 1.807) is 6.07 Å². The van der Waals surface area contributed by atoms with Crippen molar-refractivity contribution in [2.24, 2.45) is 17.8 Å². The van der Waals surface area contributed by atoms with Gasteiger partial charge in [-0.3, -0.25) is 0 Å². The van der Waals surface area contributed by atoms with Gasteiger partial charge in [0.1, 0.15) is 11.5 Å². The van der Waals surface area contributed by atoms with Crippen molar-refractivity contribution in [1.29, 1.82) is 0 Å². The van der Waals surface area contributed by atoms with Crippen LogP contribution in [-0.2, 0) is 6.42 Å². The molecule has 26 heavy (non-hydrogen) atoms. The second kappa shape index (κ2) is 8.53. The van der Waals surface area contributed by atoms with Crippen LogP contribution in [0.3, 0.4) is 0 Å². The molecule has 1 aliphatic rings. The summed E-state index contributed by atoms with van der Waals surface area (Å²) in [5.74, 6) is -1.39. The Labute approximate surface area is 154 Å². The van der Waals surface area contributed by atoms with Gasteiger partial charge in [0, 0.05) is 11.6 Å². The second-order valence-corrected chi connectivity index (χ2v) is 8.06. The third-order valence-corrected chi connectivity index (χ3v) is 5.87. The lowest BCUT2D eigenvalue weighted by atomic mass is 9.66. The smallest absolute Gasteiger partial charge is 0.391 e. The molecule has 1 aromatic rings. The number of alkyl halides is 3. The summed E-state index contributed by atoms with van der Waals surface area (Å²) in [5.41, 5.74) is 1.43. The number of hydrogen-bond acceptors (Lipinski definition) is 2. The molecule has 3 atom stereocenters. The summed E-state index contributed by atoms with van der Waals surface area (Å²) in [6.07, 6.45) is 0.111. The third-order valence-electron chi connectivity index (χ3n) is 5.87. The van der Waals surface area contributed by atoms with E-state index in [-0.39, 0.29) is 42.1 Å². The molecule has 1 unspecified atom stereocenters. The molecule has 0 saturated heterocycles. The Morgan fingerprint density at radius 1 is 1.12 bits per heavy atom. The van der Waals surface area contributed by atoms with Crippen LogP contribution in [0.4, 0.5) is 13.2 Å². The molecule has 5 heteroatoms. The first-order chi connectivity index (χ1) is 12.1. The molecular formula is C21H31F3O2. The van der Waals surface area contributed by atoms with E-state index in [0.717, 1.165) is 24.8 Å². The number of halogens is 3. The van der Waals surface area contributed by atoms with Gasteiger partial charge in [-0.2, -0.15) is 13.2 Å². The van der Waals surface area contributed by atoms with Gasteiger partial charge < -0.3 is 10.2 Å². The van der Waals surface area contributed by atoms with E-state index >= 15 is 0 Å². The van der Waals surface area contributed by atoms with E-state index in [2.05, 4.69) is 6.92 Å². The number of phenols is 2. The zero-order valence-electron chi connectivity index (χ0n) is 15.9. The number of hydrogen-bond donors (Lipinski definition) is 2.